The van der Waals surface area contributed by atoms with Gasteiger partial charge in [-0.15, -0.1) is 0 Å². The molecule has 0 saturated carbocycles. The number of nitriles is 1. The van der Waals surface area contributed by atoms with E-state index >= 15 is 0 Å². The van der Waals surface area contributed by atoms with Crippen LogP contribution in [0.25, 0.3) is 0 Å². The van der Waals surface area contributed by atoms with E-state index in [1.807, 2.05) is 6.07 Å². The van der Waals surface area contributed by atoms with E-state index in [2.05, 4.69) is 0 Å². The van der Waals surface area contributed by atoms with E-state index in [1.165, 1.54) is 9.21 Å². The van der Waals surface area contributed by atoms with Crippen LogP contribution in [0.2, 0.25) is 0 Å². The van der Waals surface area contributed by atoms with E-state index < -0.39 is 16.1 Å². The number of benzene rings is 1. The van der Waals surface area contributed by atoms with Gasteiger partial charge in [-0.2, -0.15) is 9.57 Å². The molecule has 6 nitrogen and oxygen atoms in total. The monoisotopic (exact) mass is 321 g/mol. The summed E-state index contributed by atoms with van der Waals surface area (Å²) in [4.78, 5) is 14.0. The average molecular weight is 321 g/mol. The topological polar surface area (TPSA) is 81.5 Å². The molecule has 0 spiro atoms. The SMILES string of the molecule is CN(Cc1ccc(C#N)cc1)C(=O)C1CCCN1S(C)(=O)=O. The fourth-order valence-corrected chi connectivity index (χ4v) is 3.79. The molecule has 1 aromatic carbocycles. The molecule has 7 heteroatoms. The smallest absolute Gasteiger partial charge is 0.241 e. The highest BCUT2D eigenvalue weighted by molar-refractivity contribution is 7.88. The highest BCUT2D eigenvalue weighted by Crippen LogP contribution is 2.22. The van der Waals surface area contributed by atoms with Crippen molar-refractivity contribution in [1.29, 1.82) is 5.26 Å². The molecule has 0 radical (unpaired) electrons. The second kappa shape index (κ2) is 6.46. The number of hydrogen-bond donors (Lipinski definition) is 0. The van der Waals surface area contributed by atoms with E-state index in [1.54, 1.807) is 31.3 Å². The van der Waals surface area contributed by atoms with Crippen molar-refractivity contribution in [3.63, 3.8) is 0 Å². The van der Waals surface area contributed by atoms with Crippen LogP contribution in [0, 0.1) is 11.3 Å². The van der Waals surface area contributed by atoms with Gasteiger partial charge in [-0.25, -0.2) is 8.42 Å². The van der Waals surface area contributed by atoms with Crippen LogP contribution in [0.15, 0.2) is 24.3 Å². The van der Waals surface area contributed by atoms with Crippen molar-refractivity contribution >= 4 is 15.9 Å². The van der Waals surface area contributed by atoms with Gasteiger partial charge in [-0.05, 0) is 30.5 Å². The van der Waals surface area contributed by atoms with E-state index in [9.17, 15) is 13.2 Å². The summed E-state index contributed by atoms with van der Waals surface area (Å²) < 4.78 is 24.7. The van der Waals surface area contributed by atoms with Gasteiger partial charge in [-0.3, -0.25) is 4.79 Å². The van der Waals surface area contributed by atoms with Crippen molar-refractivity contribution in [2.24, 2.45) is 0 Å². The van der Waals surface area contributed by atoms with Gasteiger partial charge in [0.2, 0.25) is 15.9 Å². The zero-order chi connectivity index (χ0) is 16.3. The minimum Gasteiger partial charge on any atom is -0.340 e. The first-order valence-corrected chi connectivity index (χ1v) is 8.88. The standard InChI is InChI=1S/C15H19N3O3S/c1-17(11-13-7-5-12(10-16)6-8-13)15(19)14-4-3-9-18(14)22(2,20)21/h5-8,14H,3-4,9,11H2,1-2H3. The van der Waals surface area contributed by atoms with Crippen molar-refractivity contribution in [3.05, 3.63) is 35.4 Å². The van der Waals surface area contributed by atoms with E-state index in [-0.39, 0.29) is 5.91 Å². The second-order valence-electron chi connectivity index (χ2n) is 5.53. The first-order valence-electron chi connectivity index (χ1n) is 7.04. The molecule has 0 bridgehead atoms. The van der Waals surface area contributed by atoms with Crippen molar-refractivity contribution in [2.45, 2.75) is 25.4 Å². The van der Waals surface area contributed by atoms with Crippen LogP contribution >= 0.6 is 0 Å². The number of carbonyl (C=O) groups excluding carboxylic acids is 1. The Kier molecular flexibility index (Phi) is 4.84. The number of likely N-dealkylation sites (N-methyl/N-ethyl adjacent to an activating group) is 1. The summed E-state index contributed by atoms with van der Waals surface area (Å²) in [6.07, 6.45) is 2.40. The second-order valence-corrected chi connectivity index (χ2v) is 7.47. The van der Waals surface area contributed by atoms with Gasteiger partial charge in [0.05, 0.1) is 17.9 Å². The third-order valence-corrected chi connectivity index (χ3v) is 5.08. The number of hydrogen-bond acceptors (Lipinski definition) is 4. The Morgan fingerprint density at radius 2 is 2.05 bits per heavy atom. The fraction of sp³-hybridized carbons (Fsp3) is 0.467. The van der Waals surface area contributed by atoms with Crippen LogP contribution in [0.3, 0.4) is 0 Å². The fourth-order valence-electron chi connectivity index (χ4n) is 2.67. The number of carbonyl (C=O) groups is 1. The molecular formula is C15H19N3O3S. The van der Waals surface area contributed by atoms with Crippen LogP contribution in [0.4, 0.5) is 0 Å². The lowest BCUT2D eigenvalue weighted by atomic mass is 10.1. The first kappa shape index (κ1) is 16.5. The van der Waals surface area contributed by atoms with Gasteiger partial charge in [0.25, 0.3) is 0 Å². The largest absolute Gasteiger partial charge is 0.340 e. The average Bonchev–Trinajstić information content (AvgIpc) is 2.96. The van der Waals surface area contributed by atoms with Crippen molar-refractivity contribution in [2.75, 3.05) is 19.8 Å². The normalized spacial score (nSPS) is 18.9. The zero-order valence-electron chi connectivity index (χ0n) is 12.7. The lowest BCUT2D eigenvalue weighted by molar-refractivity contribution is -0.133. The summed E-state index contributed by atoms with van der Waals surface area (Å²) >= 11 is 0. The van der Waals surface area contributed by atoms with E-state index in [4.69, 9.17) is 5.26 Å². The minimum absolute atomic E-state index is 0.188. The molecule has 1 amide bonds. The number of rotatable bonds is 4. The molecule has 0 N–H and O–H groups in total. The molecule has 1 aliphatic rings. The third kappa shape index (κ3) is 3.64. The Hall–Kier alpha value is -1.91. The Morgan fingerprint density at radius 3 is 2.59 bits per heavy atom. The van der Waals surface area contributed by atoms with Crippen molar-refractivity contribution in [3.8, 4) is 6.07 Å². The number of nitrogens with zero attached hydrogens (tertiary/aromatic N) is 3. The number of amides is 1. The van der Waals surface area contributed by atoms with Gasteiger partial charge in [-0.1, -0.05) is 12.1 Å². The van der Waals surface area contributed by atoms with Gasteiger partial charge in [0.15, 0.2) is 0 Å². The van der Waals surface area contributed by atoms with Crippen molar-refractivity contribution in [1.82, 2.24) is 9.21 Å². The molecular weight excluding hydrogens is 302 g/mol. The molecule has 1 fully saturated rings. The maximum absolute atomic E-state index is 12.5. The van der Waals surface area contributed by atoms with Gasteiger partial charge in [0.1, 0.15) is 6.04 Å². The molecule has 1 atom stereocenters. The summed E-state index contributed by atoms with van der Waals surface area (Å²) in [5, 5.41) is 8.77. The molecule has 1 aliphatic heterocycles. The predicted molar refractivity (Wildman–Crippen MR) is 82.2 cm³/mol. The van der Waals surface area contributed by atoms with Crippen LogP contribution < -0.4 is 0 Å². The highest BCUT2D eigenvalue weighted by Gasteiger charge is 2.37. The summed E-state index contributed by atoms with van der Waals surface area (Å²) in [6, 6.07) is 8.44. The molecule has 0 aromatic heterocycles. The molecule has 0 aliphatic carbocycles. The highest BCUT2D eigenvalue weighted by atomic mass is 32.2. The van der Waals surface area contributed by atoms with Gasteiger partial charge in [0, 0.05) is 20.1 Å². The van der Waals surface area contributed by atoms with Crippen LogP contribution in [-0.4, -0.2) is 49.4 Å². The zero-order valence-corrected chi connectivity index (χ0v) is 13.5. The summed E-state index contributed by atoms with van der Waals surface area (Å²) in [7, 11) is -1.70. The Balaban J connectivity index is 2.07. The van der Waals surface area contributed by atoms with Gasteiger partial charge >= 0.3 is 0 Å². The minimum atomic E-state index is -3.36. The molecule has 22 heavy (non-hydrogen) atoms. The Labute approximate surface area is 131 Å². The summed E-state index contributed by atoms with van der Waals surface area (Å²) in [5.74, 6) is -0.188. The Bertz CT molecular complexity index is 692. The lowest BCUT2D eigenvalue weighted by Crippen LogP contribution is -2.45. The molecule has 2 rings (SSSR count). The molecule has 1 heterocycles. The van der Waals surface area contributed by atoms with E-state index in [0.717, 1.165) is 11.8 Å². The predicted octanol–water partition coefficient (Wildman–Crippen LogP) is 0.941. The molecule has 118 valence electrons. The first-order chi connectivity index (χ1) is 10.3. The summed E-state index contributed by atoms with van der Waals surface area (Å²) in [6.45, 7) is 0.790. The third-order valence-electron chi connectivity index (χ3n) is 3.79. The van der Waals surface area contributed by atoms with E-state index in [0.29, 0.717) is 31.5 Å². The summed E-state index contributed by atoms with van der Waals surface area (Å²) in [5.41, 5.74) is 1.47. The maximum atomic E-state index is 12.5. The van der Waals surface area contributed by atoms with Crippen LogP contribution in [0.1, 0.15) is 24.0 Å². The van der Waals surface area contributed by atoms with Crippen LogP contribution in [0.5, 0.6) is 0 Å². The Morgan fingerprint density at radius 1 is 1.41 bits per heavy atom. The molecule has 1 unspecified atom stereocenters. The van der Waals surface area contributed by atoms with Crippen LogP contribution in [-0.2, 0) is 21.4 Å². The molecule has 1 saturated heterocycles. The maximum Gasteiger partial charge on any atom is 0.241 e. The number of sulfonamides is 1. The van der Waals surface area contributed by atoms with Crippen molar-refractivity contribution < 1.29 is 13.2 Å². The lowest BCUT2D eigenvalue weighted by Gasteiger charge is -2.26. The quantitative estimate of drug-likeness (QED) is 0.826. The molecule has 1 aromatic rings. The van der Waals surface area contributed by atoms with Gasteiger partial charge < -0.3 is 4.90 Å².